The van der Waals surface area contributed by atoms with Gasteiger partial charge in [0.2, 0.25) is 15.7 Å². The van der Waals surface area contributed by atoms with Crippen LogP contribution in [0.4, 0.5) is 10.1 Å². The molecule has 0 spiro atoms. The van der Waals surface area contributed by atoms with Gasteiger partial charge in [0.1, 0.15) is 16.9 Å². The molecule has 1 aromatic heterocycles. The van der Waals surface area contributed by atoms with E-state index in [1.807, 2.05) is 0 Å². The van der Waals surface area contributed by atoms with Crippen LogP contribution < -0.4 is 11.2 Å². The highest BCUT2D eigenvalue weighted by atomic mass is 32.2. The van der Waals surface area contributed by atoms with Gasteiger partial charge in [-0.25, -0.2) is 9.18 Å². The van der Waals surface area contributed by atoms with Gasteiger partial charge in [-0.1, -0.05) is 6.08 Å². The molecule has 1 saturated carbocycles. The summed E-state index contributed by atoms with van der Waals surface area (Å²) >= 11 is 0. The molecule has 10 nitrogen and oxygen atoms in total. The maximum Gasteiger partial charge on any atom is 0.341 e. The topological polar surface area (TPSA) is 163 Å². The molecular formula is C19H14FN3O7S. The molecule has 0 atom stereocenters. The number of aromatic nitrogens is 1. The SMILES string of the molecule is NC1=CC=C(c2c(F)cc3c(=O)c(C(=O)O)cn(C4CC4)c3c2[N+](=O)[O-])CC1=S(=O)=O. The molecule has 0 saturated heterocycles. The number of carbonyl (C=O) groups is 1. The normalized spacial score (nSPS) is 16.1. The van der Waals surface area contributed by atoms with E-state index >= 15 is 4.39 Å². The van der Waals surface area contributed by atoms with E-state index in [1.165, 1.54) is 16.7 Å². The zero-order chi connectivity index (χ0) is 22.6. The summed E-state index contributed by atoms with van der Waals surface area (Å²) in [6.07, 6.45) is 4.37. The molecule has 1 aromatic carbocycles. The van der Waals surface area contributed by atoms with Crippen molar-refractivity contribution in [3.8, 4) is 0 Å². The number of hydrogen-bond acceptors (Lipinski definition) is 7. The van der Waals surface area contributed by atoms with Crippen molar-refractivity contribution < 1.29 is 27.6 Å². The van der Waals surface area contributed by atoms with Crippen LogP contribution in [0.3, 0.4) is 0 Å². The quantitative estimate of drug-likeness (QED) is 0.407. The Kier molecular flexibility index (Phi) is 4.73. The zero-order valence-electron chi connectivity index (χ0n) is 15.7. The Bertz CT molecular complexity index is 1460. The second kappa shape index (κ2) is 7.16. The van der Waals surface area contributed by atoms with Gasteiger partial charge in [0.05, 0.1) is 26.4 Å². The van der Waals surface area contributed by atoms with Gasteiger partial charge in [-0.3, -0.25) is 14.9 Å². The first-order chi connectivity index (χ1) is 14.6. The van der Waals surface area contributed by atoms with Crippen LogP contribution in [0, 0.1) is 15.9 Å². The molecule has 4 rings (SSSR count). The number of pyridine rings is 1. The van der Waals surface area contributed by atoms with Crippen LogP contribution in [0.25, 0.3) is 16.5 Å². The van der Waals surface area contributed by atoms with Gasteiger partial charge >= 0.3 is 11.7 Å². The van der Waals surface area contributed by atoms with Gasteiger partial charge in [0, 0.05) is 18.7 Å². The number of carboxylic acid groups (broad SMARTS) is 1. The molecule has 0 amide bonds. The van der Waals surface area contributed by atoms with Gasteiger partial charge in [-0.2, -0.15) is 8.42 Å². The number of benzene rings is 1. The number of hydrogen-bond donors (Lipinski definition) is 2. The van der Waals surface area contributed by atoms with Crippen LogP contribution in [0.1, 0.15) is 41.2 Å². The highest BCUT2D eigenvalue weighted by Crippen LogP contribution is 2.43. The van der Waals surface area contributed by atoms with Gasteiger partial charge in [0.15, 0.2) is 0 Å². The molecule has 0 aliphatic heterocycles. The van der Waals surface area contributed by atoms with E-state index in [9.17, 15) is 33.2 Å². The van der Waals surface area contributed by atoms with E-state index < -0.39 is 54.6 Å². The molecule has 2 aliphatic carbocycles. The number of nitro benzene ring substituents is 1. The smallest absolute Gasteiger partial charge is 0.341 e. The number of nitrogens with zero attached hydrogens (tertiary/aromatic N) is 2. The van der Waals surface area contributed by atoms with Crippen molar-refractivity contribution in [3.63, 3.8) is 0 Å². The lowest BCUT2D eigenvalue weighted by molar-refractivity contribution is -0.383. The Labute approximate surface area is 174 Å². The Balaban J connectivity index is 2.14. The van der Waals surface area contributed by atoms with Gasteiger partial charge < -0.3 is 15.4 Å². The lowest BCUT2D eigenvalue weighted by atomic mass is 9.92. The second-order valence-corrected chi connectivity index (χ2v) is 8.16. The number of fused-ring (bicyclic) bond motifs is 1. The number of halogens is 1. The van der Waals surface area contributed by atoms with Crippen molar-refractivity contribution in [3.05, 3.63) is 67.4 Å². The minimum absolute atomic E-state index is 0.00314. The molecule has 1 heterocycles. The van der Waals surface area contributed by atoms with E-state index in [0.717, 1.165) is 12.3 Å². The lowest BCUT2D eigenvalue weighted by Crippen LogP contribution is -2.21. The third-order valence-corrected chi connectivity index (χ3v) is 6.04. The largest absolute Gasteiger partial charge is 0.477 e. The predicted octanol–water partition coefficient (Wildman–Crippen LogP) is 1.76. The Morgan fingerprint density at radius 3 is 2.55 bits per heavy atom. The number of nitro groups is 1. The second-order valence-electron chi connectivity index (χ2n) is 7.20. The van der Waals surface area contributed by atoms with E-state index in [1.54, 1.807) is 0 Å². The van der Waals surface area contributed by atoms with Gasteiger partial charge in [-0.15, -0.1) is 0 Å². The van der Waals surface area contributed by atoms with Crippen molar-refractivity contribution in [1.29, 1.82) is 0 Å². The molecule has 0 unspecified atom stereocenters. The lowest BCUT2D eigenvalue weighted by Gasteiger charge is -2.17. The standard InChI is InChI=1S/C19H14FN3O7S/c20-12-6-10-16(22(9-2-3-9)7-11(18(10)24)19(25)26)17(23(27)28)15(12)8-1-4-13(21)14(5-8)31(29)30/h1,4,6-7,9H,2-3,5,21H2,(H,25,26). The number of allylic oxidation sites excluding steroid dienone is 4. The summed E-state index contributed by atoms with van der Waals surface area (Å²) in [6.45, 7) is 0. The summed E-state index contributed by atoms with van der Waals surface area (Å²) in [5.74, 6) is -2.67. The van der Waals surface area contributed by atoms with Gasteiger partial charge in [0.25, 0.3) is 0 Å². The minimum atomic E-state index is -2.72. The monoisotopic (exact) mass is 447 g/mol. The molecule has 160 valence electrons. The third kappa shape index (κ3) is 3.30. The minimum Gasteiger partial charge on any atom is -0.477 e. The molecule has 12 heteroatoms. The Morgan fingerprint density at radius 2 is 2.00 bits per heavy atom. The fourth-order valence-electron chi connectivity index (χ4n) is 3.69. The van der Waals surface area contributed by atoms with Crippen LogP contribution in [0.15, 0.2) is 34.9 Å². The molecule has 1 fully saturated rings. The molecule has 3 N–H and O–H groups in total. The molecule has 31 heavy (non-hydrogen) atoms. The fraction of sp³-hybridized carbons (Fsp3) is 0.211. The highest BCUT2D eigenvalue weighted by molar-refractivity contribution is 7.73. The summed E-state index contributed by atoms with van der Waals surface area (Å²) in [6, 6.07) is 0.493. The maximum absolute atomic E-state index is 15.2. The van der Waals surface area contributed by atoms with Crippen molar-refractivity contribution in [2.45, 2.75) is 25.3 Å². The van der Waals surface area contributed by atoms with E-state index in [0.29, 0.717) is 12.8 Å². The van der Waals surface area contributed by atoms with E-state index in [4.69, 9.17) is 5.73 Å². The number of nitrogens with two attached hydrogens (primary N) is 1. The summed E-state index contributed by atoms with van der Waals surface area (Å²) < 4.78 is 39.4. The first-order valence-corrected chi connectivity index (χ1v) is 10.1. The van der Waals surface area contributed by atoms with Crippen molar-refractivity contribution in [2.75, 3.05) is 0 Å². The molecular weight excluding hydrogens is 433 g/mol. The number of carboxylic acids is 1. The van der Waals surface area contributed by atoms with Crippen molar-refractivity contribution in [1.82, 2.24) is 4.57 Å². The van der Waals surface area contributed by atoms with E-state index in [-0.39, 0.29) is 34.1 Å². The molecule has 0 radical (unpaired) electrons. The van der Waals surface area contributed by atoms with Gasteiger partial charge in [-0.05, 0) is 30.6 Å². The third-order valence-electron chi connectivity index (χ3n) is 5.25. The van der Waals surface area contributed by atoms with Crippen LogP contribution >= 0.6 is 0 Å². The zero-order valence-corrected chi connectivity index (χ0v) is 16.5. The summed E-state index contributed by atoms with van der Waals surface area (Å²) in [7, 11) is -2.72. The summed E-state index contributed by atoms with van der Waals surface area (Å²) in [5, 5.41) is 21.0. The molecule has 2 aliphatic rings. The highest BCUT2D eigenvalue weighted by Gasteiger charge is 2.35. The van der Waals surface area contributed by atoms with Crippen LogP contribution in [0.2, 0.25) is 0 Å². The predicted molar refractivity (Wildman–Crippen MR) is 109 cm³/mol. The average Bonchev–Trinajstić information content (AvgIpc) is 3.53. The molecule has 0 bridgehead atoms. The number of aromatic carboxylic acids is 1. The van der Waals surface area contributed by atoms with Crippen molar-refractivity contribution in [2.24, 2.45) is 5.73 Å². The first kappa shape index (κ1) is 20.5. The Morgan fingerprint density at radius 1 is 1.32 bits per heavy atom. The summed E-state index contributed by atoms with van der Waals surface area (Å²) in [4.78, 5) is 35.1. The molecule has 2 aromatic rings. The van der Waals surface area contributed by atoms with Crippen LogP contribution in [-0.4, -0.2) is 33.8 Å². The van der Waals surface area contributed by atoms with E-state index in [2.05, 4.69) is 0 Å². The maximum atomic E-state index is 15.2. The van der Waals surface area contributed by atoms with Crippen LogP contribution in [-0.2, 0) is 10.3 Å². The van der Waals surface area contributed by atoms with Crippen LogP contribution in [0.5, 0.6) is 0 Å². The number of rotatable bonds is 4. The average molecular weight is 447 g/mol. The Hall–Kier alpha value is -3.80. The summed E-state index contributed by atoms with van der Waals surface area (Å²) in [5.41, 5.74) is 2.51. The first-order valence-electron chi connectivity index (χ1n) is 9.03. The van der Waals surface area contributed by atoms with Crippen molar-refractivity contribution >= 4 is 43.3 Å². The fourth-order valence-corrected chi connectivity index (χ4v) is 4.22.